The number of anilines is 2. The van der Waals surface area contributed by atoms with Crippen LogP contribution in [0.5, 0.6) is 0 Å². The van der Waals surface area contributed by atoms with Crippen LogP contribution < -0.4 is 21.8 Å². The molecule has 0 spiro atoms. The quantitative estimate of drug-likeness (QED) is 0.652. The van der Waals surface area contributed by atoms with Crippen LogP contribution in [-0.2, 0) is 0 Å². The number of nitriles is 1. The zero-order valence-corrected chi connectivity index (χ0v) is 17.8. The molecule has 3 aromatic rings. The summed E-state index contributed by atoms with van der Waals surface area (Å²) >= 11 is 0. The fourth-order valence-electron chi connectivity index (χ4n) is 4.84. The van der Waals surface area contributed by atoms with Gasteiger partial charge in [-0.25, -0.2) is 4.98 Å². The van der Waals surface area contributed by atoms with Crippen molar-refractivity contribution < 1.29 is 0 Å². The monoisotopic (exact) mass is 431 g/mol. The zero-order chi connectivity index (χ0) is 22.1. The Morgan fingerprint density at radius 1 is 1.09 bits per heavy atom. The van der Waals surface area contributed by atoms with Gasteiger partial charge in [-0.1, -0.05) is 12.8 Å². The molecule has 1 saturated heterocycles. The molecule has 2 fully saturated rings. The Morgan fingerprint density at radius 3 is 2.59 bits per heavy atom. The van der Waals surface area contributed by atoms with E-state index in [4.69, 9.17) is 0 Å². The second-order valence-electron chi connectivity index (χ2n) is 8.52. The summed E-state index contributed by atoms with van der Waals surface area (Å²) in [6, 6.07) is 7.20. The lowest BCUT2D eigenvalue weighted by molar-refractivity contribution is 0.361. The molecule has 0 radical (unpaired) electrons. The number of nitrogens with one attached hydrogen (secondary N) is 2. The molecular weight excluding hydrogens is 406 g/mol. The zero-order valence-electron chi connectivity index (χ0n) is 17.8. The van der Waals surface area contributed by atoms with E-state index in [0.29, 0.717) is 22.7 Å². The third-order valence-corrected chi connectivity index (χ3v) is 6.49. The lowest BCUT2D eigenvalue weighted by Crippen LogP contribution is -2.33. The minimum absolute atomic E-state index is 0.0370. The van der Waals surface area contributed by atoms with Gasteiger partial charge in [0.15, 0.2) is 0 Å². The third kappa shape index (κ3) is 3.78. The summed E-state index contributed by atoms with van der Waals surface area (Å²) in [4.78, 5) is 34.5. The summed E-state index contributed by atoms with van der Waals surface area (Å²) in [6.07, 6.45) is 9.20. The van der Waals surface area contributed by atoms with E-state index in [-0.39, 0.29) is 28.8 Å². The van der Waals surface area contributed by atoms with E-state index in [1.54, 1.807) is 27.5 Å². The van der Waals surface area contributed by atoms with Crippen LogP contribution in [0.2, 0.25) is 0 Å². The van der Waals surface area contributed by atoms with Gasteiger partial charge in [0.05, 0.1) is 0 Å². The van der Waals surface area contributed by atoms with Crippen molar-refractivity contribution in [2.75, 3.05) is 18.4 Å². The van der Waals surface area contributed by atoms with E-state index in [0.717, 1.165) is 51.6 Å². The van der Waals surface area contributed by atoms with Crippen LogP contribution in [0.25, 0.3) is 11.0 Å². The topological polar surface area (TPSA) is 118 Å². The van der Waals surface area contributed by atoms with Crippen LogP contribution in [0.4, 0.5) is 11.6 Å². The molecule has 0 bridgehead atoms. The van der Waals surface area contributed by atoms with E-state index in [1.807, 2.05) is 18.3 Å². The molecule has 164 valence electrons. The maximum absolute atomic E-state index is 12.9. The first-order valence-corrected chi connectivity index (χ1v) is 11.2. The first-order valence-electron chi connectivity index (χ1n) is 11.2. The number of fused-ring (bicyclic) bond motifs is 1. The number of nitrogens with zero attached hydrogens (tertiary/aromatic N) is 5. The molecule has 0 amide bonds. The van der Waals surface area contributed by atoms with Gasteiger partial charge in [0, 0.05) is 41.6 Å². The summed E-state index contributed by atoms with van der Waals surface area (Å²) in [5, 5.41) is 16.5. The molecule has 5 rings (SSSR count). The van der Waals surface area contributed by atoms with E-state index in [1.165, 1.54) is 0 Å². The van der Waals surface area contributed by atoms with E-state index < -0.39 is 0 Å². The minimum atomic E-state index is -0.305. The number of piperidine rings is 1. The lowest BCUT2D eigenvalue weighted by Gasteiger charge is -2.24. The molecule has 0 atom stereocenters. The molecule has 4 heterocycles. The van der Waals surface area contributed by atoms with Gasteiger partial charge >= 0.3 is 0 Å². The first-order chi connectivity index (χ1) is 15.6. The SMILES string of the molecule is N#Cc1cc2cnc(Nc3ccn(C4CCNCC4)c(=O)c3)nc2n(C2CCCC2)c1=O. The third-order valence-electron chi connectivity index (χ3n) is 6.49. The van der Waals surface area contributed by atoms with Crippen molar-refractivity contribution in [3.8, 4) is 6.07 Å². The maximum Gasteiger partial charge on any atom is 0.270 e. The largest absolute Gasteiger partial charge is 0.324 e. The molecule has 2 N–H and O–H groups in total. The molecule has 32 heavy (non-hydrogen) atoms. The number of hydrogen-bond acceptors (Lipinski definition) is 7. The second-order valence-corrected chi connectivity index (χ2v) is 8.52. The van der Waals surface area contributed by atoms with Gasteiger partial charge in [-0.05, 0) is 50.9 Å². The standard InChI is InChI=1S/C23H25N7O2/c24-13-15-11-16-14-26-23(28-21(16)30(22(15)32)19-3-1-2-4-19)27-17-7-10-29(20(31)12-17)18-5-8-25-9-6-18/h7,10-12,14,18-19,25H,1-6,8-9H2,(H,26,27,28). The molecule has 0 aromatic carbocycles. The van der Waals surface area contributed by atoms with Crippen molar-refractivity contribution in [3.05, 3.63) is 56.9 Å². The molecule has 0 unspecified atom stereocenters. The van der Waals surface area contributed by atoms with Crippen LogP contribution >= 0.6 is 0 Å². The van der Waals surface area contributed by atoms with Crippen molar-refractivity contribution >= 4 is 22.7 Å². The average Bonchev–Trinajstić information content (AvgIpc) is 3.34. The second kappa shape index (κ2) is 8.55. The summed E-state index contributed by atoms with van der Waals surface area (Å²) < 4.78 is 3.44. The van der Waals surface area contributed by atoms with Gasteiger partial charge in [0.25, 0.3) is 11.1 Å². The molecule has 9 nitrogen and oxygen atoms in total. The van der Waals surface area contributed by atoms with Gasteiger partial charge in [-0.2, -0.15) is 10.2 Å². The van der Waals surface area contributed by atoms with Gasteiger partial charge in [0.2, 0.25) is 5.95 Å². The van der Waals surface area contributed by atoms with Crippen LogP contribution in [0.15, 0.2) is 40.2 Å². The molecule has 1 aliphatic heterocycles. The Balaban J connectivity index is 1.49. The number of rotatable bonds is 4. The Bertz CT molecular complexity index is 1310. The van der Waals surface area contributed by atoms with Crippen molar-refractivity contribution in [3.63, 3.8) is 0 Å². The number of hydrogen-bond donors (Lipinski definition) is 2. The van der Waals surface area contributed by atoms with Crippen LogP contribution in [-0.4, -0.2) is 32.2 Å². The number of pyridine rings is 2. The fourth-order valence-corrected chi connectivity index (χ4v) is 4.84. The summed E-state index contributed by atoms with van der Waals surface area (Å²) in [5.74, 6) is 0.312. The summed E-state index contributed by atoms with van der Waals surface area (Å²) in [5.41, 5.74) is 0.852. The Labute approximate surface area is 184 Å². The van der Waals surface area contributed by atoms with Crippen LogP contribution in [0, 0.1) is 11.3 Å². The van der Waals surface area contributed by atoms with Crippen LogP contribution in [0.3, 0.4) is 0 Å². The Morgan fingerprint density at radius 2 is 1.88 bits per heavy atom. The summed E-state index contributed by atoms with van der Waals surface area (Å²) in [7, 11) is 0. The predicted molar refractivity (Wildman–Crippen MR) is 121 cm³/mol. The summed E-state index contributed by atoms with van der Waals surface area (Å²) in [6.45, 7) is 1.83. The van der Waals surface area contributed by atoms with Gasteiger partial charge in [-0.15, -0.1) is 0 Å². The maximum atomic E-state index is 12.9. The minimum Gasteiger partial charge on any atom is -0.324 e. The Kier molecular flexibility index (Phi) is 5.45. The fraction of sp³-hybridized carbons (Fsp3) is 0.435. The predicted octanol–water partition coefficient (Wildman–Crippen LogP) is 2.61. The highest BCUT2D eigenvalue weighted by atomic mass is 16.1. The molecular formula is C23H25N7O2. The first kappa shape index (κ1) is 20.4. The molecule has 9 heteroatoms. The lowest BCUT2D eigenvalue weighted by atomic mass is 10.1. The number of aromatic nitrogens is 4. The average molecular weight is 432 g/mol. The van der Waals surface area contributed by atoms with Gasteiger partial charge in [0.1, 0.15) is 17.3 Å². The molecule has 1 aliphatic carbocycles. The highest BCUT2D eigenvalue weighted by molar-refractivity contribution is 5.77. The van der Waals surface area contributed by atoms with Crippen molar-refractivity contribution in [1.29, 1.82) is 5.26 Å². The van der Waals surface area contributed by atoms with Crippen molar-refractivity contribution in [2.24, 2.45) is 0 Å². The van der Waals surface area contributed by atoms with Crippen LogP contribution in [0.1, 0.15) is 56.2 Å². The van der Waals surface area contributed by atoms with E-state index in [2.05, 4.69) is 20.6 Å². The molecule has 3 aromatic heterocycles. The highest BCUT2D eigenvalue weighted by Crippen LogP contribution is 2.30. The van der Waals surface area contributed by atoms with Gasteiger partial charge < -0.3 is 15.2 Å². The molecule has 1 saturated carbocycles. The molecule has 2 aliphatic rings. The van der Waals surface area contributed by atoms with Crippen molar-refractivity contribution in [1.82, 2.24) is 24.4 Å². The highest BCUT2D eigenvalue weighted by Gasteiger charge is 2.23. The van der Waals surface area contributed by atoms with Gasteiger partial charge in [-0.3, -0.25) is 14.2 Å². The normalized spacial score (nSPS) is 17.5. The smallest absolute Gasteiger partial charge is 0.270 e. The van der Waals surface area contributed by atoms with Crippen molar-refractivity contribution in [2.45, 2.75) is 50.6 Å². The Hall–Kier alpha value is -3.51. The van der Waals surface area contributed by atoms with E-state index in [9.17, 15) is 14.9 Å². The van der Waals surface area contributed by atoms with E-state index >= 15 is 0 Å².